The predicted molar refractivity (Wildman–Crippen MR) is 97.5 cm³/mol. The summed E-state index contributed by atoms with van der Waals surface area (Å²) in [7, 11) is 0. The average Bonchev–Trinajstić information content (AvgIpc) is 3.18. The number of unbranched alkanes of at least 4 members (excludes halogenated alkanes) is 1. The first-order chi connectivity index (χ1) is 12.1. The van der Waals surface area contributed by atoms with Crippen molar-refractivity contribution >= 4 is 5.91 Å². The molecule has 0 aromatic carbocycles. The van der Waals surface area contributed by atoms with Gasteiger partial charge in [0.2, 0.25) is 0 Å². The summed E-state index contributed by atoms with van der Waals surface area (Å²) in [5.41, 5.74) is 3.88. The molecule has 2 aromatic heterocycles. The van der Waals surface area contributed by atoms with E-state index in [9.17, 15) is 4.79 Å². The van der Waals surface area contributed by atoms with E-state index in [1.54, 1.807) is 0 Å². The minimum atomic E-state index is 0.123. The Labute approximate surface area is 149 Å². The van der Waals surface area contributed by atoms with E-state index in [1.165, 1.54) is 6.42 Å². The molecule has 2 aromatic rings. The summed E-state index contributed by atoms with van der Waals surface area (Å²) < 4.78 is 1.95. The number of carbonyl (C=O) groups excluding carboxylic acids is 1. The molecule has 1 N–H and O–H groups in total. The molecule has 6 nitrogen and oxygen atoms in total. The number of carbonyl (C=O) groups is 1. The molecule has 1 fully saturated rings. The van der Waals surface area contributed by atoms with Gasteiger partial charge in [-0.2, -0.15) is 0 Å². The molecule has 0 unspecified atom stereocenters. The molecule has 25 heavy (non-hydrogen) atoms. The quantitative estimate of drug-likeness (QED) is 0.876. The van der Waals surface area contributed by atoms with Gasteiger partial charge >= 0.3 is 0 Å². The Morgan fingerprint density at radius 2 is 2.24 bits per heavy atom. The Morgan fingerprint density at radius 1 is 1.40 bits per heavy atom. The molecule has 1 atom stereocenters. The van der Waals surface area contributed by atoms with Crippen molar-refractivity contribution in [2.75, 3.05) is 13.1 Å². The highest BCUT2D eigenvalue weighted by Gasteiger charge is 2.26. The van der Waals surface area contributed by atoms with E-state index < -0.39 is 0 Å². The number of rotatable bonds is 6. The zero-order valence-electron chi connectivity index (χ0n) is 15.6. The van der Waals surface area contributed by atoms with Gasteiger partial charge in [-0.3, -0.25) is 9.48 Å². The zero-order chi connectivity index (χ0) is 17.8. The monoisotopic (exact) mass is 343 g/mol. The Hall–Kier alpha value is -2.11. The van der Waals surface area contributed by atoms with Crippen molar-refractivity contribution in [2.24, 2.45) is 5.92 Å². The van der Waals surface area contributed by atoms with Crippen molar-refractivity contribution in [3.63, 3.8) is 0 Å². The first-order valence-electron chi connectivity index (χ1n) is 9.41. The number of hydrogen-bond donors (Lipinski definition) is 1. The summed E-state index contributed by atoms with van der Waals surface area (Å²) in [5, 5.41) is 8.53. The minimum absolute atomic E-state index is 0.123. The van der Waals surface area contributed by atoms with E-state index in [-0.39, 0.29) is 5.91 Å². The molecule has 0 spiro atoms. The summed E-state index contributed by atoms with van der Waals surface area (Å²) in [6.45, 7) is 8.64. The second kappa shape index (κ2) is 7.85. The van der Waals surface area contributed by atoms with Crippen LogP contribution in [0.25, 0.3) is 0 Å². The van der Waals surface area contributed by atoms with Crippen molar-refractivity contribution in [3.05, 3.63) is 34.9 Å². The van der Waals surface area contributed by atoms with Crippen LogP contribution in [0.3, 0.4) is 0 Å². The third-order valence-electron chi connectivity index (χ3n) is 4.99. The third-order valence-corrected chi connectivity index (χ3v) is 4.99. The first-order valence-corrected chi connectivity index (χ1v) is 9.41. The molecule has 1 aliphatic rings. The van der Waals surface area contributed by atoms with E-state index in [1.807, 2.05) is 29.5 Å². The van der Waals surface area contributed by atoms with E-state index in [4.69, 9.17) is 0 Å². The largest absolute Gasteiger partial charge is 0.354 e. The zero-order valence-corrected chi connectivity index (χ0v) is 15.6. The first kappa shape index (κ1) is 17.7. The van der Waals surface area contributed by atoms with Gasteiger partial charge in [0, 0.05) is 31.5 Å². The fourth-order valence-corrected chi connectivity index (χ4v) is 3.67. The third kappa shape index (κ3) is 4.30. The SMILES string of the molecule is CCCCc1cn(C[C@@H]2CCCN(C(=O)c3[nH]c(C)cc3C)C2)nn1. The van der Waals surface area contributed by atoms with Crippen LogP contribution in [0.2, 0.25) is 0 Å². The molecule has 6 heteroatoms. The fraction of sp³-hybridized carbons (Fsp3) is 0.632. The van der Waals surface area contributed by atoms with Crippen molar-refractivity contribution in [3.8, 4) is 0 Å². The standard InChI is InChI=1S/C19H29N5O/c1-4-5-8-17-13-24(22-21-17)12-16-7-6-9-23(11-16)19(25)18-14(2)10-15(3)20-18/h10,13,16,20H,4-9,11-12H2,1-3H3/t16-/m1/s1. The molecule has 3 heterocycles. The van der Waals surface area contributed by atoms with Gasteiger partial charge in [-0.05, 0) is 57.1 Å². The number of likely N-dealkylation sites (tertiary alicyclic amines) is 1. The number of aryl methyl sites for hydroxylation is 3. The van der Waals surface area contributed by atoms with Crippen LogP contribution in [0, 0.1) is 19.8 Å². The highest BCUT2D eigenvalue weighted by Crippen LogP contribution is 2.21. The topological polar surface area (TPSA) is 66.8 Å². The van der Waals surface area contributed by atoms with Crippen LogP contribution in [-0.2, 0) is 13.0 Å². The van der Waals surface area contributed by atoms with Gasteiger partial charge in [-0.1, -0.05) is 18.6 Å². The molecule has 3 rings (SSSR count). The molecule has 0 saturated carbocycles. The summed E-state index contributed by atoms with van der Waals surface area (Å²) in [5.74, 6) is 0.562. The van der Waals surface area contributed by atoms with E-state index in [0.29, 0.717) is 5.92 Å². The number of H-pyrrole nitrogens is 1. The van der Waals surface area contributed by atoms with Gasteiger partial charge in [-0.25, -0.2) is 0 Å². The molecule has 0 aliphatic carbocycles. The lowest BCUT2D eigenvalue weighted by molar-refractivity contribution is 0.0653. The Morgan fingerprint density at radius 3 is 2.96 bits per heavy atom. The number of hydrogen-bond acceptors (Lipinski definition) is 3. The Kier molecular flexibility index (Phi) is 5.56. The van der Waals surface area contributed by atoms with E-state index in [2.05, 4.69) is 28.4 Å². The summed E-state index contributed by atoms with van der Waals surface area (Å²) in [6.07, 6.45) is 7.57. The maximum absolute atomic E-state index is 12.8. The molecule has 1 amide bonds. The number of nitrogens with one attached hydrogen (secondary N) is 1. The van der Waals surface area contributed by atoms with Crippen LogP contribution in [-0.4, -0.2) is 43.9 Å². The number of nitrogens with zero attached hydrogens (tertiary/aromatic N) is 4. The van der Waals surface area contributed by atoms with Gasteiger partial charge < -0.3 is 9.88 Å². The molecule has 136 valence electrons. The molecule has 0 radical (unpaired) electrons. The summed E-state index contributed by atoms with van der Waals surface area (Å²) in [6, 6.07) is 2.03. The van der Waals surface area contributed by atoms with Gasteiger partial charge in [0.1, 0.15) is 5.69 Å². The summed E-state index contributed by atoms with van der Waals surface area (Å²) >= 11 is 0. The van der Waals surface area contributed by atoms with Crippen LogP contribution in [0.1, 0.15) is 60.0 Å². The fourth-order valence-electron chi connectivity index (χ4n) is 3.67. The minimum Gasteiger partial charge on any atom is -0.354 e. The van der Waals surface area contributed by atoms with Crippen molar-refractivity contribution in [2.45, 2.75) is 59.4 Å². The number of amides is 1. The van der Waals surface area contributed by atoms with Crippen LogP contribution in [0.4, 0.5) is 0 Å². The highest BCUT2D eigenvalue weighted by molar-refractivity contribution is 5.94. The number of piperidine rings is 1. The van der Waals surface area contributed by atoms with Crippen molar-refractivity contribution in [1.82, 2.24) is 24.9 Å². The van der Waals surface area contributed by atoms with Gasteiger partial charge in [-0.15, -0.1) is 5.10 Å². The lowest BCUT2D eigenvalue weighted by atomic mass is 9.97. The molecule has 1 saturated heterocycles. The lowest BCUT2D eigenvalue weighted by Crippen LogP contribution is -2.41. The van der Waals surface area contributed by atoms with Gasteiger partial charge in [0.05, 0.1) is 5.69 Å². The average molecular weight is 343 g/mol. The molecular formula is C19H29N5O. The van der Waals surface area contributed by atoms with Gasteiger partial charge in [0.15, 0.2) is 0 Å². The highest BCUT2D eigenvalue weighted by atomic mass is 16.2. The Bertz CT molecular complexity index is 717. The number of aromatic amines is 1. The van der Waals surface area contributed by atoms with E-state index in [0.717, 1.165) is 68.0 Å². The maximum atomic E-state index is 12.8. The Balaban J connectivity index is 1.60. The lowest BCUT2D eigenvalue weighted by Gasteiger charge is -2.32. The van der Waals surface area contributed by atoms with Crippen LogP contribution >= 0.6 is 0 Å². The predicted octanol–water partition coefficient (Wildman–Crippen LogP) is 3.12. The molecular weight excluding hydrogens is 314 g/mol. The van der Waals surface area contributed by atoms with Gasteiger partial charge in [0.25, 0.3) is 5.91 Å². The van der Waals surface area contributed by atoms with E-state index >= 15 is 0 Å². The normalized spacial score (nSPS) is 17.9. The van der Waals surface area contributed by atoms with Crippen LogP contribution in [0.15, 0.2) is 12.3 Å². The summed E-state index contributed by atoms with van der Waals surface area (Å²) in [4.78, 5) is 18.0. The van der Waals surface area contributed by atoms with Crippen molar-refractivity contribution < 1.29 is 4.79 Å². The smallest absolute Gasteiger partial charge is 0.270 e. The molecule has 0 bridgehead atoms. The maximum Gasteiger partial charge on any atom is 0.270 e. The second-order valence-corrected chi connectivity index (χ2v) is 7.31. The second-order valence-electron chi connectivity index (χ2n) is 7.31. The van der Waals surface area contributed by atoms with Crippen LogP contribution in [0.5, 0.6) is 0 Å². The molecule has 1 aliphatic heterocycles. The number of aromatic nitrogens is 4. The van der Waals surface area contributed by atoms with Crippen LogP contribution < -0.4 is 0 Å². The van der Waals surface area contributed by atoms with Crippen molar-refractivity contribution in [1.29, 1.82) is 0 Å².